The lowest BCUT2D eigenvalue weighted by Gasteiger charge is -2.08. The number of carbonyl (C=O) groups excluding carboxylic acids is 1. The van der Waals surface area contributed by atoms with Crippen molar-refractivity contribution in [2.45, 2.75) is 20.8 Å². The second kappa shape index (κ2) is 3.68. The normalized spacial score (nSPS) is 10.1. The van der Waals surface area contributed by atoms with E-state index in [1.165, 1.54) is 6.07 Å². The Balaban J connectivity index is 3.65. The van der Waals surface area contributed by atoms with E-state index in [-0.39, 0.29) is 11.3 Å². The van der Waals surface area contributed by atoms with E-state index in [0.29, 0.717) is 5.56 Å². The predicted molar refractivity (Wildman–Crippen MR) is 55.8 cm³/mol. The largest absolute Gasteiger partial charge is 0.365 e. The fourth-order valence-electron chi connectivity index (χ4n) is 1.49. The number of hydrogen-bond donors (Lipinski definition) is 1. The Bertz CT molecular complexity index is 452. The van der Waals surface area contributed by atoms with Crippen LogP contribution >= 0.6 is 0 Å². The van der Waals surface area contributed by atoms with Crippen molar-refractivity contribution in [2.24, 2.45) is 5.73 Å². The van der Waals surface area contributed by atoms with Crippen LogP contribution in [-0.2, 0) is 0 Å². The van der Waals surface area contributed by atoms with Gasteiger partial charge in [-0.15, -0.1) is 0 Å². The maximum atomic E-state index is 11.1. The molecule has 1 aromatic rings. The number of benzene rings is 1. The molecule has 80 valence electrons. The van der Waals surface area contributed by atoms with Crippen molar-refractivity contribution in [2.75, 3.05) is 0 Å². The molecule has 0 bridgehead atoms. The van der Waals surface area contributed by atoms with E-state index in [4.69, 9.17) is 5.73 Å². The van der Waals surface area contributed by atoms with Crippen LogP contribution in [0.15, 0.2) is 6.07 Å². The summed E-state index contributed by atoms with van der Waals surface area (Å²) in [7, 11) is 0. The van der Waals surface area contributed by atoms with Crippen LogP contribution in [0.3, 0.4) is 0 Å². The SMILES string of the molecule is Cc1cc(C(N)=O)c([N+](=O)[O-])c(C)c1C. The average molecular weight is 208 g/mol. The van der Waals surface area contributed by atoms with Gasteiger partial charge < -0.3 is 5.73 Å². The van der Waals surface area contributed by atoms with E-state index in [9.17, 15) is 14.9 Å². The number of rotatable bonds is 2. The van der Waals surface area contributed by atoms with Gasteiger partial charge >= 0.3 is 0 Å². The summed E-state index contributed by atoms with van der Waals surface area (Å²) >= 11 is 0. The van der Waals surface area contributed by atoms with Gasteiger partial charge in [-0.25, -0.2) is 0 Å². The number of aryl methyl sites for hydroxylation is 1. The Kier molecular flexibility index (Phi) is 2.74. The van der Waals surface area contributed by atoms with Crippen molar-refractivity contribution >= 4 is 11.6 Å². The molecule has 0 aliphatic carbocycles. The minimum Gasteiger partial charge on any atom is -0.365 e. The zero-order valence-electron chi connectivity index (χ0n) is 8.83. The molecule has 0 saturated heterocycles. The maximum Gasteiger partial charge on any atom is 0.285 e. The van der Waals surface area contributed by atoms with Crippen LogP contribution in [0.4, 0.5) is 5.69 Å². The Morgan fingerprint density at radius 2 is 1.87 bits per heavy atom. The Morgan fingerprint density at radius 3 is 2.27 bits per heavy atom. The Morgan fingerprint density at radius 1 is 1.33 bits per heavy atom. The van der Waals surface area contributed by atoms with Crippen molar-refractivity contribution in [3.8, 4) is 0 Å². The molecule has 1 amide bonds. The third-order valence-corrected chi connectivity index (χ3v) is 2.57. The van der Waals surface area contributed by atoms with E-state index in [1.54, 1.807) is 20.8 Å². The first-order valence-electron chi connectivity index (χ1n) is 4.41. The quantitative estimate of drug-likeness (QED) is 0.591. The summed E-state index contributed by atoms with van der Waals surface area (Å²) < 4.78 is 0. The van der Waals surface area contributed by atoms with Crippen molar-refractivity contribution in [1.82, 2.24) is 0 Å². The molecular formula is C10H12N2O3. The lowest BCUT2D eigenvalue weighted by Crippen LogP contribution is -2.15. The first-order chi connectivity index (χ1) is 6.86. The minimum atomic E-state index is -0.770. The van der Waals surface area contributed by atoms with Gasteiger partial charge in [0, 0.05) is 5.56 Å². The van der Waals surface area contributed by atoms with Crippen LogP contribution < -0.4 is 5.73 Å². The van der Waals surface area contributed by atoms with Crippen molar-refractivity contribution in [1.29, 1.82) is 0 Å². The first-order valence-corrected chi connectivity index (χ1v) is 4.41. The molecule has 0 aromatic heterocycles. The smallest absolute Gasteiger partial charge is 0.285 e. The van der Waals surface area contributed by atoms with Gasteiger partial charge in [0.05, 0.1) is 4.92 Å². The molecule has 0 aliphatic heterocycles. The molecular weight excluding hydrogens is 196 g/mol. The maximum absolute atomic E-state index is 11.1. The monoisotopic (exact) mass is 208 g/mol. The van der Waals surface area contributed by atoms with Crippen LogP contribution in [-0.4, -0.2) is 10.8 Å². The van der Waals surface area contributed by atoms with E-state index in [2.05, 4.69) is 0 Å². The summed E-state index contributed by atoms with van der Waals surface area (Å²) in [6.07, 6.45) is 0. The Hall–Kier alpha value is -1.91. The fraction of sp³-hybridized carbons (Fsp3) is 0.300. The summed E-state index contributed by atoms with van der Waals surface area (Å²) in [5.74, 6) is -0.770. The highest BCUT2D eigenvalue weighted by atomic mass is 16.6. The van der Waals surface area contributed by atoms with Gasteiger partial charge in [-0.05, 0) is 38.0 Å². The second-order valence-electron chi connectivity index (χ2n) is 3.46. The van der Waals surface area contributed by atoms with Gasteiger partial charge in [0.25, 0.3) is 11.6 Å². The summed E-state index contributed by atoms with van der Waals surface area (Å²) in [5.41, 5.74) is 7.01. The number of nitrogens with zero attached hydrogens (tertiary/aromatic N) is 1. The molecule has 0 radical (unpaired) electrons. The lowest BCUT2D eigenvalue weighted by atomic mass is 9.98. The molecule has 0 aliphatic rings. The van der Waals surface area contributed by atoms with Crippen LogP contribution in [0.2, 0.25) is 0 Å². The van der Waals surface area contributed by atoms with E-state index in [1.807, 2.05) is 0 Å². The molecule has 0 unspecified atom stereocenters. The second-order valence-corrected chi connectivity index (χ2v) is 3.46. The van der Waals surface area contributed by atoms with Crippen LogP contribution in [0, 0.1) is 30.9 Å². The number of amides is 1. The van der Waals surface area contributed by atoms with Crippen LogP contribution in [0.5, 0.6) is 0 Å². The standard InChI is InChI=1S/C10H12N2O3/c1-5-4-8(10(11)13)9(12(14)15)7(3)6(5)2/h4H,1-3H3,(H2,11,13). The topological polar surface area (TPSA) is 86.2 Å². The van der Waals surface area contributed by atoms with Crippen molar-refractivity contribution in [3.63, 3.8) is 0 Å². The van der Waals surface area contributed by atoms with Crippen LogP contribution in [0.25, 0.3) is 0 Å². The zero-order chi connectivity index (χ0) is 11.7. The van der Waals surface area contributed by atoms with Gasteiger partial charge in [0.1, 0.15) is 5.56 Å². The van der Waals surface area contributed by atoms with E-state index in [0.717, 1.165) is 11.1 Å². The fourth-order valence-corrected chi connectivity index (χ4v) is 1.49. The van der Waals surface area contributed by atoms with Crippen LogP contribution in [0.1, 0.15) is 27.0 Å². The zero-order valence-corrected chi connectivity index (χ0v) is 8.83. The van der Waals surface area contributed by atoms with Crippen molar-refractivity contribution < 1.29 is 9.72 Å². The number of nitro groups is 1. The number of primary amides is 1. The van der Waals surface area contributed by atoms with Gasteiger partial charge in [0.2, 0.25) is 0 Å². The average Bonchev–Trinajstić information content (AvgIpc) is 2.12. The summed E-state index contributed by atoms with van der Waals surface area (Å²) in [4.78, 5) is 21.3. The van der Waals surface area contributed by atoms with Gasteiger partial charge in [-0.3, -0.25) is 14.9 Å². The summed E-state index contributed by atoms with van der Waals surface area (Å²) in [6, 6.07) is 1.46. The molecule has 2 N–H and O–H groups in total. The molecule has 1 aromatic carbocycles. The summed E-state index contributed by atoms with van der Waals surface area (Å²) in [6.45, 7) is 5.19. The van der Waals surface area contributed by atoms with Crippen molar-refractivity contribution in [3.05, 3.63) is 38.4 Å². The molecule has 15 heavy (non-hydrogen) atoms. The third-order valence-electron chi connectivity index (χ3n) is 2.57. The number of carbonyl (C=O) groups is 1. The molecule has 0 spiro atoms. The minimum absolute atomic E-state index is 0.0272. The highest BCUT2D eigenvalue weighted by molar-refractivity contribution is 5.98. The van der Waals surface area contributed by atoms with Gasteiger partial charge in [-0.2, -0.15) is 0 Å². The number of nitrogens with two attached hydrogens (primary N) is 1. The highest BCUT2D eigenvalue weighted by Gasteiger charge is 2.23. The molecule has 5 heteroatoms. The molecule has 0 atom stereocenters. The first kappa shape index (κ1) is 11.2. The van der Waals surface area contributed by atoms with Gasteiger partial charge in [0.15, 0.2) is 0 Å². The molecule has 0 saturated carbocycles. The van der Waals surface area contributed by atoms with Gasteiger partial charge in [-0.1, -0.05) is 0 Å². The predicted octanol–water partition coefficient (Wildman–Crippen LogP) is 1.62. The highest BCUT2D eigenvalue weighted by Crippen LogP contribution is 2.28. The molecule has 1 rings (SSSR count). The van der Waals surface area contributed by atoms with E-state index < -0.39 is 10.8 Å². The molecule has 0 heterocycles. The summed E-state index contributed by atoms with van der Waals surface area (Å²) in [5, 5.41) is 10.8. The third kappa shape index (κ3) is 1.81. The number of nitro benzene ring substituents is 1. The van der Waals surface area contributed by atoms with E-state index >= 15 is 0 Å². The number of hydrogen-bond acceptors (Lipinski definition) is 3. The lowest BCUT2D eigenvalue weighted by molar-refractivity contribution is -0.385. The molecule has 0 fully saturated rings. The molecule has 5 nitrogen and oxygen atoms in total. The Labute approximate surface area is 87.0 Å².